The van der Waals surface area contributed by atoms with Crippen LogP contribution in [0.1, 0.15) is 69.8 Å². The molecule has 8 heteroatoms. The van der Waals surface area contributed by atoms with E-state index < -0.39 is 11.4 Å². The van der Waals surface area contributed by atoms with Crippen molar-refractivity contribution in [1.29, 1.82) is 0 Å². The topological polar surface area (TPSA) is 67.2 Å². The van der Waals surface area contributed by atoms with Crippen molar-refractivity contribution in [1.82, 2.24) is 19.2 Å². The van der Waals surface area contributed by atoms with Gasteiger partial charge in [0.15, 0.2) is 0 Å². The van der Waals surface area contributed by atoms with Crippen molar-refractivity contribution < 1.29 is 18.7 Å². The van der Waals surface area contributed by atoms with Gasteiger partial charge in [0, 0.05) is 37.2 Å². The Morgan fingerprint density at radius 3 is 2.64 bits per heavy atom. The summed E-state index contributed by atoms with van der Waals surface area (Å²) in [5, 5.41) is 0. The highest BCUT2D eigenvalue weighted by atomic mass is 19.1. The molecule has 192 valence electrons. The largest absolute Gasteiger partial charge is 0.444 e. The van der Waals surface area contributed by atoms with Crippen LogP contribution in [0.15, 0.2) is 42.9 Å². The van der Waals surface area contributed by atoms with Crippen LogP contribution < -0.4 is 0 Å². The van der Waals surface area contributed by atoms with Crippen molar-refractivity contribution in [2.45, 2.75) is 65.5 Å². The van der Waals surface area contributed by atoms with Crippen molar-refractivity contribution in [2.75, 3.05) is 19.6 Å². The number of hydrogen-bond acceptors (Lipinski definition) is 4. The second-order valence-electron chi connectivity index (χ2n) is 10.6. The van der Waals surface area contributed by atoms with Gasteiger partial charge in [-0.15, -0.1) is 0 Å². The highest BCUT2D eigenvalue weighted by Crippen LogP contribution is 2.34. The first-order valence-electron chi connectivity index (χ1n) is 12.5. The normalized spacial score (nSPS) is 16.1. The lowest BCUT2D eigenvalue weighted by atomic mass is 9.94. The number of nitrogens with zero attached hydrogens (tertiary/aromatic N) is 4. The van der Waals surface area contributed by atoms with Gasteiger partial charge in [-0.2, -0.15) is 0 Å². The Bertz CT molecular complexity index is 1280. The van der Waals surface area contributed by atoms with Gasteiger partial charge < -0.3 is 14.5 Å². The molecular formula is C28H35FN4O3. The summed E-state index contributed by atoms with van der Waals surface area (Å²) < 4.78 is 21.8. The summed E-state index contributed by atoms with van der Waals surface area (Å²) in [5.74, 6) is -0.556. The number of amides is 2. The number of carbonyl (C=O) groups excluding carboxylic acids is 2. The van der Waals surface area contributed by atoms with Gasteiger partial charge in [-0.1, -0.05) is 0 Å². The first-order chi connectivity index (χ1) is 17.0. The number of hydrogen-bond donors (Lipinski definition) is 0. The van der Waals surface area contributed by atoms with Crippen LogP contribution in [0.5, 0.6) is 0 Å². The third-order valence-corrected chi connectivity index (χ3v) is 6.57. The Hall–Kier alpha value is -3.42. The van der Waals surface area contributed by atoms with E-state index in [0.717, 1.165) is 23.2 Å². The van der Waals surface area contributed by atoms with E-state index in [4.69, 9.17) is 4.74 Å². The number of carbonyl (C=O) groups is 2. The smallest absolute Gasteiger partial charge is 0.410 e. The average molecular weight is 495 g/mol. The number of likely N-dealkylation sites (tertiary alicyclic amines) is 1. The number of aromatic nitrogens is 2. The van der Waals surface area contributed by atoms with Crippen LogP contribution in [-0.2, 0) is 4.74 Å². The highest BCUT2D eigenvalue weighted by Gasteiger charge is 2.31. The molecule has 0 radical (unpaired) electrons. The van der Waals surface area contributed by atoms with E-state index >= 15 is 0 Å². The molecule has 3 heterocycles. The predicted molar refractivity (Wildman–Crippen MR) is 138 cm³/mol. The first kappa shape index (κ1) is 25.7. The number of fused-ring (bicyclic) bond motifs is 1. The second-order valence-corrected chi connectivity index (χ2v) is 10.6. The van der Waals surface area contributed by atoms with Crippen LogP contribution in [0.4, 0.5) is 9.18 Å². The van der Waals surface area contributed by atoms with Crippen LogP contribution in [0.2, 0.25) is 0 Å². The quantitative estimate of drug-likeness (QED) is 0.454. The molecule has 0 spiro atoms. The van der Waals surface area contributed by atoms with Gasteiger partial charge in [0.05, 0.1) is 29.3 Å². The fourth-order valence-corrected chi connectivity index (χ4v) is 4.84. The molecule has 0 bridgehead atoms. The third-order valence-electron chi connectivity index (χ3n) is 6.57. The summed E-state index contributed by atoms with van der Waals surface area (Å²) in [6, 6.07) is 8.45. The Labute approximate surface area is 211 Å². The van der Waals surface area contributed by atoms with E-state index in [9.17, 15) is 14.0 Å². The van der Waals surface area contributed by atoms with Crippen LogP contribution >= 0.6 is 0 Å². The molecule has 1 aromatic carbocycles. The van der Waals surface area contributed by atoms with E-state index in [1.54, 1.807) is 28.4 Å². The number of ether oxygens (including phenoxy) is 1. The van der Waals surface area contributed by atoms with Crippen LogP contribution in [0, 0.1) is 5.82 Å². The molecule has 36 heavy (non-hydrogen) atoms. The Kier molecular flexibility index (Phi) is 7.07. The summed E-state index contributed by atoms with van der Waals surface area (Å²) in [6.45, 7) is 13.1. The average Bonchev–Trinajstić information content (AvgIpc) is 3.47. The number of rotatable bonds is 5. The Balaban J connectivity index is 1.74. The molecule has 0 aliphatic carbocycles. The van der Waals surface area contributed by atoms with E-state index in [2.05, 4.69) is 11.1 Å². The molecule has 4 rings (SSSR count). The molecule has 2 aromatic heterocycles. The lowest BCUT2D eigenvalue weighted by Crippen LogP contribution is -2.37. The van der Waals surface area contributed by atoms with Gasteiger partial charge in [0.2, 0.25) is 0 Å². The molecule has 1 aliphatic heterocycles. The molecular weight excluding hydrogens is 459 g/mol. The summed E-state index contributed by atoms with van der Waals surface area (Å²) >= 11 is 0. The minimum absolute atomic E-state index is 0.0180. The fourth-order valence-electron chi connectivity index (χ4n) is 4.84. The Morgan fingerprint density at radius 2 is 1.97 bits per heavy atom. The van der Waals surface area contributed by atoms with E-state index in [-0.39, 0.29) is 24.0 Å². The third kappa shape index (κ3) is 5.22. The van der Waals surface area contributed by atoms with Gasteiger partial charge in [0.1, 0.15) is 11.4 Å². The van der Waals surface area contributed by atoms with Gasteiger partial charge >= 0.3 is 6.09 Å². The van der Waals surface area contributed by atoms with Gasteiger partial charge in [-0.3, -0.25) is 9.20 Å². The minimum Gasteiger partial charge on any atom is -0.444 e. The lowest BCUT2D eigenvalue weighted by Gasteiger charge is -2.26. The zero-order chi connectivity index (χ0) is 26.2. The molecule has 0 saturated carbocycles. The molecule has 1 fully saturated rings. The molecule has 0 unspecified atom stereocenters. The molecule has 3 aromatic rings. The Morgan fingerprint density at radius 1 is 1.22 bits per heavy atom. The van der Waals surface area contributed by atoms with Crippen LogP contribution in [0.25, 0.3) is 16.8 Å². The maximum atomic E-state index is 14.4. The maximum Gasteiger partial charge on any atom is 0.410 e. The molecule has 7 nitrogen and oxygen atoms in total. The molecule has 0 N–H and O–H groups in total. The molecule has 1 saturated heterocycles. The number of halogens is 1. The second kappa shape index (κ2) is 9.91. The standard InChI is InChI=1S/C28H35FN4O3/c1-7-32(18(2)3)26(34)24-14-21(29)8-9-23(24)25-13-20(12-22-15-30-17-33(22)25)19-10-11-31(16-19)27(35)36-28(4,5)6/h8-9,12-15,17-19H,7,10-11,16H2,1-6H3/t19-/m1/s1. The van der Waals surface area contributed by atoms with E-state index in [0.29, 0.717) is 30.8 Å². The zero-order valence-electron chi connectivity index (χ0n) is 21.9. The van der Waals surface area contributed by atoms with E-state index in [1.165, 1.54) is 12.1 Å². The first-order valence-corrected chi connectivity index (χ1v) is 12.5. The van der Waals surface area contributed by atoms with Crippen molar-refractivity contribution in [3.05, 3.63) is 59.8 Å². The number of benzene rings is 1. The zero-order valence-corrected chi connectivity index (χ0v) is 21.9. The monoisotopic (exact) mass is 494 g/mol. The lowest BCUT2D eigenvalue weighted by molar-refractivity contribution is 0.0292. The SMILES string of the molecule is CCN(C(=O)c1cc(F)ccc1-c1cc([C@@H]2CCN(C(=O)OC(C)(C)C)C2)cc2cncn12)C(C)C. The predicted octanol–water partition coefficient (Wildman–Crippen LogP) is 5.74. The van der Waals surface area contributed by atoms with Crippen LogP contribution in [0.3, 0.4) is 0 Å². The van der Waals surface area contributed by atoms with E-state index in [1.807, 2.05) is 52.0 Å². The maximum absolute atomic E-state index is 14.4. The fraction of sp³-hybridized carbons (Fsp3) is 0.464. The highest BCUT2D eigenvalue weighted by molar-refractivity contribution is 6.01. The van der Waals surface area contributed by atoms with Crippen molar-refractivity contribution in [3.8, 4) is 11.3 Å². The van der Waals surface area contributed by atoms with Crippen molar-refractivity contribution in [2.24, 2.45) is 0 Å². The number of pyridine rings is 1. The van der Waals surface area contributed by atoms with Crippen molar-refractivity contribution in [3.63, 3.8) is 0 Å². The summed E-state index contributed by atoms with van der Waals surface area (Å²) in [4.78, 5) is 33.9. The summed E-state index contributed by atoms with van der Waals surface area (Å²) in [7, 11) is 0. The minimum atomic E-state index is -0.549. The molecule has 2 amide bonds. The van der Waals surface area contributed by atoms with Gasteiger partial charge in [0.25, 0.3) is 5.91 Å². The van der Waals surface area contributed by atoms with Crippen molar-refractivity contribution >= 4 is 17.5 Å². The van der Waals surface area contributed by atoms with Gasteiger partial charge in [-0.25, -0.2) is 14.2 Å². The summed E-state index contributed by atoms with van der Waals surface area (Å²) in [5.41, 5.74) is 3.10. The van der Waals surface area contributed by atoms with Gasteiger partial charge in [-0.05, 0) is 83.9 Å². The number of imidazole rings is 1. The molecule has 1 aliphatic rings. The summed E-state index contributed by atoms with van der Waals surface area (Å²) in [6.07, 6.45) is 3.96. The molecule has 1 atom stereocenters. The van der Waals surface area contributed by atoms with Crippen LogP contribution in [-0.4, -0.2) is 62.5 Å².